The SMILES string of the molecule is CC(Oc1ccc(CCCSCCOC(c2ccccc2Cl)c2ccccc2Cl)cc1)C(=O)O. The molecule has 3 aromatic carbocycles. The van der Waals surface area contributed by atoms with E-state index in [1.54, 1.807) is 0 Å². The molecule has 34 heavy (non-hydrogen) atoms. The molecule has 1 unspecified atom stereocenters. The van der Waals surface area contributed by atoms with Gasteiger partial charge in [0, 0.05) is 26.9 Å². The van der Waals surface area contributed by atoms with E-state index in [1.807, 2.05) is 84.6 Å². The van der Waals surface area contributed by atoms with Gasteiger partial charge in [-0.25, -0.2) is 4.79 Å². The van der Waals surface area contributed by atoms with Crippen molar-refractivity contribution in [1.29, 1.82) is 0 Å². The zero-order valence-electron chi connectivity index (χ0n) is 19.0. The quantitative estimate of drug-likeness (QED) is 0.240. The maximum absolute atomic E-state index is 10.9. The molecule has 0 aromatic heterocycles. The van der Waals surface area contributed by atoms with Crippen LogP contribution in [0.15, 0.2) is 72.8 Å². The largest absolute Gasteiger partial charge is 0.479 e. The van der Waals surface area contributed by atoms with Crippen molar-refractivity contribution in [1.82, 2.24) is 0 Å². The molecule has 0 saturated carbocycles. The van der Waals surface area contributed by atoms with Gasteiger partial charge in [-0.3, -0.25) is 0 Å². The van der Waals surface area contributed by atoms with Crippen molar-refractivity contribution in [3.63, 3.8) is 0 Å². The van der Waals surface area contributed by atoms with Gasteiger partial charge in [0.2, 0.25) is 0 Å². The Kier molecular flexibility index (Phi) is 10.6. The van der Waals surface area contributed by atoms with Gasteiger partial charge in [0.1, 0.15) is 11.9 Å². The Morgan fingerprint density at radius 1 is 0.912 bits per heavy atom. The van der Waals surface area contributed by atoms with Crippen molar-refractivity contribution >= 4 is 40.9 Å². The lowest BCUT2D eigenvalue weighted by Gasteiger charge is -2.21. The van der Waals surface area contributed by atoms with Crippen LogP contribution >= 0.6 is 35.0 Å². The van der Waals surface area contributed by atoms with Gasteiger partial charge in [-0.05, 0) is 55.3 Å². The van der Waals surface area contributed by atoms with Crippen LogP contribution < -0.4 is 4.74 Å². The normalized spacial score (nSPS) is 12.0. The molecule has 0 aliphatic heterocycles. The smallest absolute Gasteiger partial charge is 0.344 e. The number of carbonyl (C=O) groups is 1. The van der Waals surface area contributed by atoms with Crippen LogP contribution in [0.3, 0.4) is 0 Å². The summed E-state index contributed by atoms with van der Waals surface area (Å²) in [6.45, 7) is 2.10. The monoisotopic (exact) mass is 518 g/mol. The van der Waals surface area contributed by atoms with E-state index in [1.165, 1.54) is 12.5 Å². The summed E-state index contributed by atoms with van der Waals surface area (Å²) >= 11 is 14.7. The second-order valence-corrected chi connectivity index (χ2v) is 9.79. The topological polar surface area (TPSA) is 55.8 Å². The van der Waals surface area contributed by atoms with Gasteiger partial charge in [0.25, 0.3) is 0 Å². The zero-order valence-corrected chi connectivity index (χ0v) is 21.3. The van der Waals surface area contributed by atoms with E-state index < -0.39 is 12.1 Å². The Bertz CT molecular complexity index is 1010. The molecule has 0 amide bonds. The van der Waals surface area contributed by atoms with Gasteiger partial charge in [0.15, 0.2) is 6.10 Å². The van der Waals surface area contributed by atoms with Gasteiger partial charge in [-0.15, -0.1) is 0 Å². The van der Waals surface area contributed by atoms with Crippen LogP contribution in [0, 0.1) is 0 Å². The molecule has 0 bridgehead atoms. The number of aliphatic carboxylic acids is 1. The molecule has 0 spiro atoms. The Hall–Kier alpha value is -2.18. The predicted octanol–water partition coefficient (Wildman–Crippen LogP) is 7.32. The Morgan fingerprint density at radius 3 is 2.06 bits per heavy atom. The Labute approximate surface area is 215 Å². The van der Waals surface area contributed by atoms with E-state index in [0.717, 1.165) is 35.5 Å². The van der Waals surface area contributed by atoms with Crippen LogP contribution in [-0.2, 0) is 16.0 Å². The number of halogens is 2. The molecule has 180 valence electrons. The first-order valence-corrected chi connectivity index (χ1v) is 13.0. The third kappa shape index (κ3) is 7.95. The number of aryl methyl sites for hydroxylation is 1. The molecule has 7 heteroatoms. The summed E-state index contributed by atoms with van der Waals surface area (Å²) in [5.74, 6) is 1.47. The van der Waals surface area contributed by atoms with E-state index in [0.29, 0.717) is 22.4 Å². The summed E-state index contributed by atoms with van der Waals surface area (Å²) in [7, 11) is 0. The van der Waals surface area contributed by atoms with Gasteiger partial charge in [0.05, 0.1) is 6.61 Å². The van der Waals surface area contributed by atoms with Crippen molar-refractivity contribution < 1.29 is 19.4 Å². The van der Waals surface area contributed by atoms with Crippen molar-refractivity contribution in [3.8, 4) is 5.75 Å². The number of thioether (sulfide) groups is 1. The average Bonchev–Trinajstić information content (AvgIpc) is 2.83. The lowest BCUT2D eigenvalue weighted by molar-refractivity contribution is -0.144. The highest BCUT2D eigenvalue weighted by Crippen LogP contribution is 2.35. The molecule has 0 aliphatic carbocycles. The zero-order chi connectivity index (χ0) is 24.3. The van der Waals surface area contributed by atoms with E-state index in [-0.39, 0.29) is 6.10 Å². The third-order valence-electron chi connectivity index (χ3n) is 5.23. The summed E-state index contributed by atoms with van der Waals surface area (Å²) < 4.78 is 11.6. The minimum Gasteiger partial charge on any atom is -0.479 e. The molecular formula is C27H28Cl2O4S. The molecule has 1 atom stereocenters. The van der Waals surface area contributed by atoms with Crippen LogP contribution in [0.4, 0.5) is 0 Å². The molecular weight excluding hydrogens is 491 g/mol. The minimum atomic E-state index is -0.977. The number of hydrogen-bond donors (Lipinski definition) is 1. The number of carboxylic acid groups (broad SMARTS) is 1. The molecule has 4 nitrogen and oxygen atoms in total. The number of hydrogen-bond acceptors (Lipinski definition) is 4. The van der Waals surface area contributed by atoms with Gasteiger partial charge in [-0.2, -0.15) is 11.8 Å². The molecule has 3 aromatic rings. The fourth-order valence-electron chi connectivity index (χ4n) is 3.42. The number of ether oxygens (including phenoxy) is 2. The molecule has 0 heterocycles. The first-order valence-electron chi connectivity index (χ1n) is 11.1. The van der Waals surface area contributed by atoms with Gasteiger partial charge >= 0.3 is 5.97 Å². The van der Waals surface area contributed by atoms with Crippen LogP contribution in [0.25, 0.3) is 0 Å². The summed E-state index contributed by atoms with van der Waals surface area (Å²) in [5.41, 5.74) is 3.02. The average molecular weight is 519 g/mol. The predicted molar refractivity (Wildman–Crippen MR) is 141 cm³/mol. The van der Waals surface area contributed by atoms with E-state index in [4.69, 9.17) is 37.8 Å². The van der Waals surface area contributed by atoms with Crippen LogP contribution in [0.2, 0.25) is 10.0 Å². The molecule has 0 aliphatic rings. The maximum Gasteiger partial charge on any atom is 0.344 e. The van der Waals surface area contributed by atoms with Crippen molar-refractivity contribution in [3.05, 3.63) is 99.5 Å². The summed E-state index contributed by atoms with van der Waals surface area (Å²) in [6, 6.07) is 23.0. The second kappa shape index (κ2) is 13.6. The molecule has 0 fully saturated rings. The minimum absolute atomic E-state index is 0.312. The molecule has 3 rings (SSSR count). The van der Waals surface area contributed by atoms with E-state index in [2.05, 4.69) is 0 Å². The van der Waals surface area contributed by atoms with E-state index >= 15 is 0 Å². The third-order valence-corrected chi connectivity index (χ3v) is 6.95. The van der Waals surface area contributed by atoms with Gasteiger partial charge in [-0.1, -0.05) is 71.7 Å². The molecule has 0 radical (unpaired) electrons. The number of benzene rings is 3. The first-order chi connectivity index (χ1) is 16.5. The highest BCUT2D eigenvalue weighted by Gasteiger charge is 2.20. The van der Waals surface area contributed by atoms with Crippen molar-refractivity contribution in [2.24, 2.45) is 0 Å². The van der Waals surface area contributed by atoms with Crippen LogP contribution in [0.5, 0.6) is 5.75 Å². The van der Waals surface area contributed by atoms with E-state index in [9.17, 15) is 4.79 Å². The molecule has 1 N–H and O–H groups in total. The summed E-state index contributed by atoms with van der Waals surface area (Å²) in [5, 5.41) is 10.2. The standard InChI is InChI=1S/C27H28Cl2O4S/c1-19(27(30)31)33-21-14-12-20(13-15-21)7-6-17-34-18-16-32-26(22-8-2-4-10-24(22)28)23-9-3-5-11-25(23)29/h2-5,8-15,19,26H,6-7,16-18H2,1H3,(H,30,31). The lowest BCUT2D eigenvalue weighted by Crippen LogP contribution is -2.22. The number of rotatable bonds is 13. The fourth-order valence-corrected chi connectivity index (χ4v) is 4.65. The lowest BCUT2D eigenvalue weighted by atomic mass is 10.0. The van der Waals surface area contributed by atoms with Crippen molar-refractivity contribution in [2.75, 3.05) is 18.1 Å². The maximum atomic E-state index is 10.9. The summed E-state index contributed by atoms with van der Waals surface area (Å²) in [4.78, 5) is 10.9. The van der Waals surface area contributed by atoms with Gasteiger partial charge < -0.3 is 14.6 Å². The highest BCUT2D eigenvalue weighted by atomic mass is 35.5. The van der Waals surface area contributed by atoms with Crippen molar-refractivity contribution in [2.45, 2.75) is 32.0 Å². The summed E-state index contributed by atoms with van der Waals surface area (Å²) in [6.07, 6.45) is 0.812. The Balaban J connectivity index is 1.43. The first kappa shape index (κ1) is 26.4. The van der Waals surface area contributed by atoms with Crippen LogP contribution in [-0.4, -0.2) is 35.3 Å². The van der Waals surface area contributed by atoms with Crippen LogP contribution in [0.1, 0.15) is 36.1 Å². The number of carboxylic acids is 1. The fraction of sp³-hybridized carbons (Fsp3) is 0.296. The highest BCUT2D eigenvalue weighted by molar-refractivity contribution is 7.99. The molecule has 0 saturated heterocycles. The second-order valence-electron chi connectivity index (χ2n) is 7.75. The Morgan fingerprint density at radius 2 is 1.50 bits per heavy atom.